The standard InChI is InChI=1S/C35H49N3O3/c1-23(2)10-8-11-24(3)30-17-18-31-25(12-9-19-35(30,31)4)21-32-29-16-15-28(39)20-26(29)22-36-33(40)37(34(41)38(32)36)27-13-6-5-7-14-27/h5-7,13-14,21,23-24,28,30-32,39H,8-12,15-20,22H2,1-4H3/b25-21+/t24-,28?,30?,31?,32?,35-/m1/s1. The van der Waals surface area contributed by atoms with Crippen LogP contribution in [0, 0.1) is 29.1 Å². The Balaban J connectivity index is 1.38. The van der Waals surface area contributed by atoms with Gasteiger partial charge in [-0.3, -0.25) is 0 Å². The second kappa shape index (κ2) is 11.2. The van der Waals surface area contributed by atoms with Gasteiger partial charge in [0.25, 0.3) is 0 Å². The fourth-order valence-corrected chi connectivity index (χ4v) is 9.21. The van der Waals surface area contributed by atoms with Crippen molar-refractivity contribution in [2.45, 2.75) is 117 Å². The number of aliphatic hydroxyl groups is 1. The number of aliphatic hydroxyl groups excluding tert-OH is 1. The van der Waals surface area contributed by atoms with E-state index < -0.39 is 0 Å². The molecular weight excluding hydrogens is 510 g/mol. The first-order chi connectivity index (χ1) is 19.7. The Hall–Kier alpha value is -2.60. The number of aromatic nitrogens is 3. The predicted octanol–water partition coefficient (Wildman–Crippen LogP) is 6.80. The summed E-state index contributed by atoms with van der Waals surface area (Å²) in [5, 5.41) is 10.5. The molecule has 2 aromatic rings. The molecule has 2 fully saturated rings. The van der Waals surface area contributed by atoms with Crippen LogP contribution in [-0.2, 0) is 6.54 Å². The molecule has 41 heavy (non-hydrogen) atoms. The highest BCUT2D eigenvalue weighted by molar-refractivity contribution is 5.34. The van der Waals surface area contributed by atoms with Crippen molar-refractivity contribution in [1.82, 2.24) is 13.9 Å². The molecule has 4 aliphatic rings. The zero-order chi connectivity index (χ0) is 28.9. The smallest absolute Gasteiger partial charge is 0.352 e. The Kier molecular flexibility index (Phi) is 7.82. The van der Waals surface area contributed by atoms with Crippen LogP contribution < -0.4 is 11.4 Å². The summed E-state index contributed by atoms with van der Waals surface area (Å²) >= 11 is 0. The number of benzene rings is 1. The van der Waals surface area contributed by atoms with Gasteiger partial charge in [-0.2, -0.15) is 0 Å². The third kappa shape index (κ3) is 5.04. The Bertz CT molecular complexity index is 1440. The van der Waals surface area contributed by atoms with Gasteiger partial charge in [0, 0.05) is 0 Å². The van der Waals surface area contributed by atoms with Crippen molar-refractivity contribution in [3.8, 4) is 5.69 Å². The summed E-state index contributed by atoms with van der Waals surface area (Å²) < 4.78 is 4.71. The van der Waals surface area contributed by atoms with Crippen LogP contribution in [0.25, 0.3) is 5.69 Å². The van der Waals surface area contributed by atoms with E-state index in [2.05, 4.69) is 33.8 Å². The topological polar surface area (TPSA) is 69.2 Å². The lowest BCUT2D eigenvalue weighted by atomic mass is 9.60. The van der Waals surface area contributed by atoms with E-state index in [9.17, 15) is 14.7 Å². The fourth-order valence-electron chi connectivity index (χ4n) is 9.21. The van der Waals surface area contributed by atoms with Crippen LogP contribution in [0.3, 0.4) is 0 Å². The molecule has 2 saturated carbocycles. The number of nitrogens with zero attached hydrogens (tertiary/aromatic N) is 3. The third-order valence-electron chi connectivity index (χ3n) is 11.3. The quantitative estimate of drug-likeness (QED) is 0.379. The summed E-state index contributed by atoms with van der Waals surface area (Å²) in [5.41, 5.74) is 4.24. The highest BCUT2D eigenvalue weighted by Crippen LogP contribution is 2.60. The second-order valence-corrected chi connectivity index (χ2v) is 14.2. The summed E-state index contributed by atoms with van der Waals surface area (Å²) in [4.78, 5) is 27.7. The van der Waals surface area contributed by atoms with Gasteiger partial charge in [-0.15, -0.1) is 0 Å². The molecule has 3 aliphatic carbocycles. The predicted molar refractivity (Wildman–Crippen MR) is 164 cm³/mol. The van der Waals surface area contributed by atoms with Crippen LogP contribution in [0.1, 0.15) is 104 Å². The summed E-state index contributed by atoms with van der Waals surface area (Å²) in [6, 6.07) is 9.03. The van der Waals surface area contributed by atoms with Crippen molar-refractivity contribution in [3.63, 3.8) is 0 Å². The van der Waals surface area contributed by atoms with Gasteiger partial charge in [0.05, 0.1) is 24.4 Å². The maximum absolute atomic E-state index is 14.0. The number of allylic oxidation sites excluding steroid dienone is 3. The molecule has 0 amide bonds. The highest BCUT2D eigenvalue weighted by Gasteiger charge is 2.51. The molecule has 4 unspecified atom stereocenters. The normalized spacial score (nSPS) is 31.3. The van der Waals surface area contributed by atoms with Crippen molar-refractivity contribution in [1.29, 1.82) is 0 Å². The van der Waals surface area contributed by atoms with E-state index in [0.29, 0.717) is 36.4 Å². The van der Waals surface area contributed by atoms with E-state index >= 15 is 0 Å². The molecule has 1 N–H and O–H groups in total. The van der Waals surface area contributed by atoms with Crippen LogP contribution in [0.5, 0.6) is 0 Å². The Morgan fingerprint density at radius 1 is 1.02 bits per heavy atom. The minimum atomic E-state index is -0.377. The van der Waals surface area contributed by atoms with Crippen molar-refractivity contribution in [2.75, 3.05) is 0 Å². The minimum absolute atomic E-state index is 0.253. The van der Waals surface area contributed by atoms with Crippen molar-refractivity contribution in [3.05, 3.63) is 74.1 Å². The highest BCUT2D eigenvalue weighted by atomic mass is 16.3. The monoisotopic (exact) mass is 559 g/mol. The zero-order valence-electron chi connectivity index (χ0n) is 25.5. The first-order valence-electron chi connectivity index (χ1n) is 16.3. The lowest BCUT2D eigenvalue weighted by Gasteiger charge is -2.45. The Labute approximate surface area is 244 Å². The number of para-hydroxylation sites is 1. The maximum Gasteiger partial charge on any atom is 0.352 e. The zero-order valence-corrected chi connectivity index (χ0v) is 25.5. The molecule has 6 heteroatoms. The second-order valence-electron chi connectivity index (χ2n) is 14.2. The molecule has 2 heterocycles. The summed E-state index contributed by atoms with van der Waals surface area (Å²) in [6.45, 7) is 10.1. The van der Waals surface area contributed by atoms with Gasteiger partial charge in [-0.1, -0.05) is 76.8 Å². The van der Waals surface area contributed by atoms with E-state index in [1.54, 1.807) is 9.36 Å². The number of fused-ring (bicyclic) bond motifs is 2. The van der Waals surface area contributed by atoms with Gasteiger partial charge < -0.3 is 5.11 Å². The molecule has 0 radical (unpaired) electrons. The van der Waals surface area contributed by atoms with Crippen LogP contribution in [0.2, 0.25) is 0 Å². The van der Waals surface area contributed by atoms with Crippen molar-refractivity contribution >= 4 is 0 Å². The van der Waals surface area contributed by atoms with Crippen LogP contribution in [0.15, 0.2) is 62.7 Å². The SMILES string of the molecule is CC(C)CCC[C@@H](C)C1CCC2/C(=C/C3C4=C(CC(O)CC4)Cn4c(=O)n(-c5ccccc5)c(=O)n43)CCC[C@@]21C. The summed E-state index contributed by atoms with van der Waals surface area (Å²) in [7, 11) is 0. The molecule has 6 nitrogen and oxygen atoms in total. The molecule has 1 aliphatic heterocycles. The van der Waals surface area contributed by atoms with Crippen LogP contribution in [0.4, 0.5) is 0 Å². The first kappa shape index (κ1) is 28.5. The molecule has 6 rings (SSSR count). The largest absolute Gasteiger partial charge is 0.393 e. The molecule has 0 bridgehead atoms. The van der Waals surface area contributed by atoms with Crippen molar-refractivity contribution in [2.24, 2.45) is 29.1 Å². The van der Waals surface area contributed by atoms with Crippen molar-refractivity contribution < 1.29 is 5.11 Å². The van der Waals surface area contributed by atoms with E-state index in [1.807, 2.05) is 30.3 Å². The van der Waals surface area contributed by atoms with E-state index in [4.69, 9.17) is 0 Å². The van der Waals surface area contributed by atoms with E-state index in [1.165, 1.54) is 60.7 Å². The molecule has 222 valence electrons. The van der Waals surface area contributed by atoms with Gasteiger partial charge in [0.15, 0.2) is 0 Å². The maximum atomic E-state index is 14.0. The minimum Gasteiger partial charge on any atom is -0.393 e. The van der Waals surface area contributed by atoms with Crippen LogP contribution in [-0.4, -0.2) is 25.1 Å². The van der Waals surface area contributed by atoms with E-state index in [0.717, 1.165) is 36.2 Å². The first-order valence-corrected chi connectivity index (χ1v) is 16.3. The fraction of sp³-hybridized carbons (Fsp3) is 0.657. The molecule has 6 atom stereocenters. The molecule has 0 saturated heterocycles. The molecular formula is C35H49N3O3. The summed E-state index contributed by atoms with van der Waals surface area (Å²) in [5.74, 6) is 2.79. The Morgan fingerprint density at radius 2 is 1.80 bits per heavy atom. The summed E-state index contributed by atoms with van der Waals surface area (Å²) in [6.07, 6.45) is 14.1. The number of hydrogen-bond donors (Lipinski definition) is 1. The average molecular weight is 560 g/mol. The van der Waals surface area contributed by atoms with Gasteiger partial charge in [-0.05, 0) is 104 Å². The van der Waals surface area contributed by atoms with E-state index in [-0.39, 0.29) is 23.5 Å². The lowest BCUT2D eigenvalue weighted by molar-refractivity contribution is 0.0923. The molecule has 0 spiro atoms. The Morgan fingerprint density at radius 3 is 2.56 bits per heavy atom. The lowest BCUT2D eigenvalue weighted by Crippen LogP contribution is -2.39. The van der Waals surface area contributed by atoms with Gasteiger partial charge >= 0.3 is 11.4 Å². The molecule has 1 aromatic carbocycles. The van der Waals surface area contributed by atoms with Gasteiger partial charge in [0.2, 0.25) is 0 Å². The van der Waals surface area contributed by atoms with Crippen LogP contribution >= 0.6 is 0 Å². The molecule has 1 aromatic heterocycles. The number of hydrogen-bond acceptors (Lipinski definition) is 3. The van der Waals surface area contributed by atoms with Gasteiger partial charge in [0.1, 0.15) is 0 Å². The van der Waals surface area contributed by atoms with Gasteiger partial charge in [-0.25, -0.2) is 23.5 Å². The third-order valence-corrected chi connectivity index (χ3v) is 11.3. The average Bonchev–Trinajstić information content (AvgIpc) is 3.42. The number of rotatable bonds is 7.